The van der Waals surface area contributed by atoms with Crippen LogP contribution in [0.2, 0.25) is 5.02 Å². The molecule has 1 aromatic carbocycles. The predicted octanol–water partition coefficient (Wildman–Crippen LogP) is 3.23. The lowest BCUT2D eigenvalue weighted by Gasteiger charge is -2.24. The fourth-order valence-electron chi connectivity index (χ4n) is 3.15. The van der Waals surface area contributed by atoms with Gasteiger partial charge >= 0.3 is 5.97 Å². The molecule has 1 N–H and O–H groups in total. The normalized spacial score (nSPS) is 19.2. The van der Waals surface area contributed by atoms with E-state index in [4.69, 9.17) is 30.9 Å². The first-order valence-electron chi connectivity index (χ1n) is 9.05. The predicted molar refractivity (Wildman–Crippen MR) is 101 cm³/mol. The van der Waals surface area contributed by atoms with Crippen molar-refractivity contribution in [3.8, 4) is 11.5 Å². The van der Waals surface area contributed by atoms with E-state index >= 15 is 0 Å². The number of hydrogen-bond donors (Lipinski definition) is 1. The van der Waals surface area contributed by atoms with Gasteiger partial charge in [-0.2, -0.15) is 0 Å². The molecule has 1 aliphatic rings. The fourth-order valence-corrected chi connectivity index (χ4v) is 3.42. The molecule has 2 atom stereocenters. The molecule has 2 unspecified atom stereocenters. The van der Waals surface area contributed by atoms with E-state index in [1.54, 1.807) is 13.2 Å². The molecular formula is C19H26ClNO6. The van der Waals surface area contributed by atoms with Crippen LogP contribution in [0.4, 0.5) is 0 Å². The topological polar surface area (TPSA) is 85.3 Å². The average molecular weight is 400 g/mol. The van der Waals surface area contributed by atoms with Crippen LogP contribution in [0, 0.1) is 0 Å². The number of aliphatic carboxylic acids is 1. The minimum Gasteiger partial charge on any atom is -0.490 e. The average Bonchev–Trinajstić information content (AvgIpc) is 3.02. The highest BCUT2D eigenvalue weighted by atomic mass is 35.5. The minimum atomic E-state index is -0.953. The molecule has 0 saturated carbocycles. The molecule has 0 bridgehead atoms. The second-order valence-corrected chi connectivity index (χ2v) is 6.78. The number of carbonyl (C=O) groups excluding carboxylic acids is 1. The summed E-state index contributed by atoms with van der Waals surface area (Å²) in [6.07, 6.45) is 0.978. The van der Waals surface area contributed by atoms with Crippen LogP contribution in [0.15, 0.2) is 12.1 Å². The highest BCUT2D eigenvalue weighted by Gasteiger charge is 2.37. The largest absolute Gasteiger partial charge is 0.490 e. The van der Waals surface area contributed by atoms with E-state index in [2.05, 4.69) is 0 Å². The highest BCUT2D eigenvalue weighted by Crippen LogP contribution is 2.38. The van der Waals surface area contributed by atoms with E-state index in [0.717, 1.165) is 6.42 Å². The summed E-state index contributed by atoms with van der Waals surface area (Å²) >= 11 is 6.34. The van der Waals surface area contributed by atoms with Gasteiger partial charge in [0.15, 0.2) is 11.5 Å². The molecule has 7 nitrogen and oxygen atoms in total. The van der Waals surface area contributed by atoms with Gasteiger partial charge in [0, 0.05) is 25.3 Å². The molecule has 8 heteroatoms. The summed E-state index contributed by atoms with van der Waals surface area (Å²) in [6.45, 7) is 5.03. The summed E-state index contributed by atoms with van der Waals surface area (Å²) in [5, 5.41) is 9.43. The van der Waals surface area contributed by atoms with Crippen molar-refractivity contribution in [1.82, 2.24) is 4.90 Å². The third kappa shape index (κ3) is 5.26. The summed E-state index contributed by atoms with van der Waals surface area (Å²) in [4.78, 5) is 25.8. The maximum Gasteiger partial charge on any atom is 0.305 e. The Hall–Kier alpha value is -1.99. The number of nitrogens with zero attached hydrogens (tertiary/aromatic N) is 1. The van der Waals surface area contributed by atoms with Crippen LogP contribution in [0.1, 0.15) is 43.5 Å². The number of halogens is 1. The van der Waals surface area contributed by atoms with E-state index in [1.165, 1.54) is 11.0 Å². The zero-order valence-electron chi connectivity index (χ0n) is 15.9. The Kier molecular flexibility index (Phi) is 7.74. The summed E-state index contributed by atoms with van der Waals surface area (Å²) in [7, 11) is 1.56. The van der Waals surface area contributed by atoms with Crippen LogP contribution in [0.5, 0.6) is 11.5 Å². The van der Waals surface area contributed by atoms with E-state index in [9.17, 15) is 9.59 Å². The molecule has 1 aromatic rings. The van der Waals surface area contributed by atoms with Crippen LogP contribution in [-0.2, 0) is 9.53 Å². The number of benzene rings is 1. The second kappa shape index (κ2) is 9.80. The molecule has 2 rings (SSSR count). The van der Waals surface area contributed by atoms with Gasteiger partial charge in [-0.1, -0.05) is 18.5 Å². The number of likely N-dealkylation sites (tertiary alicyclic amines) is 1. The SMILES string of the molecule is CCCOc1c(Cl)cc(C(=O)N2CC(OC)CC2CC(=O)O)cc1OCC. The van der Waals surface area contributed by atoms with Crippen molar-refractivity contribution in [2.24, 2.45) is 0 Å². The number of ether oxygens (including phenoxy) is 3. The Morgan fingerprint density at radius 1 is 1.30 bits per heavy atom. The maximum absolute atomic E-state index is 13.1. The molecule has 1 amide bonds. The smallest absolute Gasteiger partial charge is 0.305 e. The van der Waals surface area contributed by atoms with Crippen molar-refractivity contribution in [2.75, 3.05) is 26.9 Å². The van der Waals surface area contributed by atoms with Gasteiger partial charge in [0.1, 0.15) is 0 Å². The molecule has 150 valence electrons. The lowest BCUT2D eigenvalue weighted by Crippen LogP contribution is -2.37. The molecule has 0 aliphatic carbocycles. The Morgan fingerprint density at radius 3 is 2.63 bits per heavy atom. The molecule has 27 heavy (non-hydrogen) atoms. The van der Waals surface area contributed by atoms with Gasteiger partial charge < -0.3 is 24.2 Å². The minimum absolute atomic E-state index is 0.130. The maximum atomic E-state index is 13.1. The number of carboxylic acids is 1. The van der Waals surface area contributed by atoms with Crippen LogP contribution in [0.3, 0.4) is 0 Å². The third-order valence-electron chi connectivity index (χ3n) is 4.39. The lowest BCUT2D eigenvalue weighted by atomic mass is 10.1. The van der Waals surface area contributed by atoms with Crippen LogP contribution in [0.25, 0.3) is 0 Å². The molecule has 1 fully saturated rings. The van der Waals surface area contributed by atoms with Gasteiger partial charge in [0.25, 0.3) is 5.91 Å². The molecule has 0 spiro atoms. The number of carbonyl (C=O) groups is 2. The first-order chi connectivity index (χ1) is 12.9. The second-order valence-electron chi connectivity index (χ2n) is 6.37. The van der Waals surface area contributed by atoms with Crippen LogP contribution < -0.4 is 9.47 Å². The van der Waals surface area contributed by atoms with E-state index < -0.39 is 12.0 Å². The molecule has 1 heterocycles. The number of carboxylic acid groups (broad SMARTS) is 1. The third-order valence-corrected chi connectivity index (χ3v) is 4.67. The monoisotopic (exact) mass is 399 g/mol. The molecule has 1 saturated heterocycles. The van der Waals surface area contributed by atoms with Crippen molar-refractivity contribution in [3.63, 3.8) is 0 Å². The van der Waals surface area contributed by atoms with Crippen molar-refractivity contribution in [1.29, 1.82) is 0 Å². The zero-order valence-corrected chi connectivity index (χ0v) is 16.6. The van der Waals surface area contributed by atoms with Gasteiger partial charge in [-0.05, 0) is 31.9 Å². The number of amides is 1. The zero-order chi connectivity index (χ0) is 20.0. The van der Waals surface area contributed by atoms with Gasteiger partial charge in [-0.25, -0.2) is 0 Å². The van der Waals surface area contributed by atoms with Crippen molar-refractivity contribution >= 4 is 23.5 Å². The first kappa shape index (κ1) is 21.3. The molecule has 0 radical (unpaired) electrons. The summed E-state index contributed by atoms with van der Waals surface area (Å²) < 4.78 is 16.6. The van der Waals surface area contributed by atoms with Crippen LogP contribution >= 0.6 is 11.6 Å². The summed E-state index contributed by atoms with van der Waals surface area (Å²) in [5.41, 5.74) is 0.333. The molecular weight excluding hydrogens is 374 g/mol. The standard InChI is InChI=1S/C19H26ClNO6/c1-4-6-27-18-15(20)7-12(8-16(18)26-5-2)19(24)21-11-14(25-3)9-13(21)10-17(22)23/h7-8,13-14H,4-6,9-11H2,1-3H3,(H,22,23). The van der Waals surface area contributed by atoms with Gasteiger partial charge in [-0.3, -0.25) is 9.59 Å². The van der Waals surface area contributed by atoms with Crippen molar-refractivity contribution in [2.45, 2.75) is 45.3 Å². The van der Waals surface area contributed by atoms with E-state index in [0.29, 0.717) is 43.2 Å². The van der Waals surface area contributed by atoms with Gasteiger partial charge in [0.2, 0.25) is 0 Å². The van der Waals surface area contributed by atoms with Crippen LogP contribution in [-0.4, -0.2) is 60.9 Å². The Morgan fingerprint density at radius 2 is 2.04 bits per heavy atom. The molecule has 0 aromatic heterocycles. The Balaban J connectivity index is 2.32. The summed E-state index contributed by atoms with van der Waals surface area (Å²) in [5.74, 6) is -0.439. The number of rotatable bonds is 9. The van der Waals surface area contributed by atoms with Crippen molar-refractivity contribution in [3.05, 3.63) is 22.7 Å². The Bertz CT molecular complexity index is 680. The Labute approximate surface area is 164 Å². The summed E-state index contributed by atoms with van der Waals surface area (Å²) in [6, 6.07) is 2.71. The highest BCUT2D eigenvalue weighted by molar-refractivity contribution is 6.32. The number of hydrogen-bond acceptors (Lipinski definition) is 5. The first-order valence-corrected chi connectivity index (χ1v) is 9.43. The number of methoxy groups -OCH3 is 1. The lowest BCUT2D eigenvalue weighted by molar-refractivity contribution is -0.138. The van der Waals surface area contributed by atoms with Crippen molar-refractivity contribution < 1.29 is 28.9 Å². The van der Waals surface area contributed by atoms with Gasteiger partial charge in [-0.15, -0.1) is 0 Å². The van der Waals surface area contributed by atoms with E-state index in [1.807, 2.05) is 13.8 Å². The fraction of sp³-hybridized carbons (Fsp3) is 0.579. The van der Waals surface area contributed by atoms with Gasteiger partial charge in [0.05, 0.1) is 30.8 Å². The molecule has 1 aliphatic heterocycles. The quantitative estimate of drug-likeness (QED) is 0.686. The van der Waals surface area contributed by atoms with E-state index in [-0.39, 0.29) is 23.5 Å².